The van der Waals surface area contributed by atoms with Crippen LogP contribution in [0.4, 0.5) is 9.59 Å². The van der Waals surface area contributed by atoms with Gasteiger partial charge in [-0.2, -0.15) is 0 Å². The van der Waals surface area contributed by atoms with Crippen molar-refractivity contribution in [2.24, 2.45) is 11.8 Å². The van der Waals surface area contributed by atoms with E-state index in [1.54, 1.807) is 46.4 Å². The molecule has 0 unspecified atom stereocenters. The van der Waals surface area contributed by atoms with Crippen molar-refractivity contribution in [3.8, 4) is 0 Å². The molecule has 1 aromatic rings. The summed E-state index contributed by atoms with van der Waals surface area (Å²) in [6.07, 6.45) is 5.72. The number of carbonyl (C=O) groups is 7. The first kappa shape index (κ1) is 50.1. The van der Waals surface area contributed by atoms with Crippen LogP contribution >= 0.6 is 0 Å². The summed E-state index contributed by atoms with van der Waals surface area (Å²) in [5.41, 5.74) is 2.03. The van der Waals surface area contributed by atoms with Crippen LogP contribution in [0.3, 0.4) is 0 Å². The Kier molecular flexibility index (Phi) is 19.4. The van der Waals surface area contributed by atoms with Gasteiger partial charge >= 0.3 is 12.2 Å². The van der Waals surface area contributed by atoms with Crippen molar-refractivity contribution in [3.63, 3.8) is 0 Å². The van der Waals surface area contributed by atoms with Crippen LogP contribution in [0.5, 0.6) is 0 Å². The van der Waals surface area contributed by atoms with E-state index in [-0.39, 0.29) is 54.9 Å². The van der Waals surface area contributed by atoms with Crippen LogP contribution in [-0.2, 0) is 39.9 Å². The quantitative estimate of drug-likeness (QED) is 0.0651. The third kappa shape index (κ3) is 16.3. The number of rotatable bonds is 20. The van der Waals surface area contributed by atoms with Crippen LogP contribution in [0.2, 0.25) is 0 Å². The highest BCUT2D eigenvalue weighted by atomic mass is 16.6. The summed E-state index contributed by atoms with van der Waals surface area (Å²) >= 11 is 0. The van der Waals surface area contributed by atoms with E-state index >= 15 is 0 Å². The van der Waals surface area contributed by atoms with Crippen molar-refractivity contribution >= 4 is 41.5 Å². The number of Topliss-reactive ketones (excluding diaryl/α,β-unsaturated/α-hetero) is 2. The van der Waals surface area contributed by atoms with Gasteiger partial charge in [0.05, 0.1) is 18.6 Å². The summed E-state index contributed by atoms with van der Waals surface area (Å²) in [6, 6.07) is 7.32. The Morgan fingerprint density at radius 3 is 2.16 bits per heavy atom. The first-order valence-electron chi connectivity index (χ1n) is 21.7. The van der Waals surface area contributed by atoms with E-state index in [0.717, 1.165) is 5.56 Å². The molecule has 0 saturated carbocycles. The lowest BCUT2D eigenvalue weighted by molar-refractivity contribution is -0.141. The van der Waals surface area contributed by atoms with E-state index in [1.165, 1.54) is 0 Å². The summed E-state index contributed by atoms with van der Waals surface area (Å²) in [7, 11) is 0. The zero-order chi connectivity index (χ0) is 45.4. The maximum atomic E-state index is 14.4. The van der Waals surface area contributed by atoms with Crippen LogP contribution in [0.25, 0.3) is 0 Å². The fourth-order valence-corrected chi connectivity index (χ4v) is 7.38. The summed E-state index contributed by atoms with van der Waals surface area (Å²) in [5, 5.41) is 11.4. The van der Waals surface area contributed by atoms with Gasteiger partial charge in [-0.15, -0.1) is 0 Å². The molecule has 0 aromatic heterocycles. The number of hydrogen-bond acceptors (Lipinski definition) is 9. The molecule has 0 bridgehead atoms. The number of ether oxygens (including phenoxy) is 2. The zero-order valence-electron chi connectivity index (χ0n) is 37.9. The molecule has 3 rings (SSSR count). The lowest BCUT2D eigenvalue weighted by Gasteiger charge is -2.29. The smallest absolute Gasteiger partial charge is 0.408 e. The van der Waals surface area contributed by atoms with Gasteiger partial charge in [-0.05, 0) is 118 Å². The molecule has 4 atom stereocenters. The van der Waals surface area contributed by atoms with Crippen LogP contribution in [0.15, 0.2) is 64.8 Å². The highest BCUT2D eigenvalue weighted by Crippen LogP contribution is 2.27. The van der Waals surface area contributed by atoms with Gasteiger partial charge in [0, 0.05) is 41.4 Å². The van der Waals surface area contributed by atoms with E-state index in [2.05, 4.69) is 21.3 Å². The van der Waals surface area contributed by atoms with E-state index in [9.17, 15) is 33.6 Å². The maximum absolute atomic E-state index is 14.4. The number of likely N-dealkylation sites (tertiary alicyclic amines) is 1. The van der Waals surface area contributed by atoms with Crippen molar-refractivity contribution in [2.45, 2.75) is 150 Å². The molecule has 336 valence electrons. The van der Waals surface area contributed by atoms with Crippen molar-refractivity contribution < 1.29 is 43.0 Å². The molecule has 1 aliphatic heterocycles. The van der Waals surface area contributed by atoms with Crippen molar-refractivity contribution in [2.75, 3.05) is 19.7 Å². The summed E-state index contributed by atoms with van der Waals surface area (Å²) in [4.78, 5) is 93.6. The molecule has 0 radical (unpaired) electrons. The number of hydrogen-bond donors (Lipinski definition) is 4. The number of nitrogens with zero attached hydrogens (tertiary/aromatic N) is 1. The van der Waals surface area contributed by atoms with Crippen LogP contribution in [0, 0.1) is 11.8 Å². The Labute approximate surface area is 362 Å². The second-order valence-electron chi connectivity index (χ2n) is 17.8. The number of allylic oxidation sites excluding steroid dienone is 4. The fraction of sp³-hybridized carbons (Fsp3) is 0.596. The lowest BCUT2D eigenvalue weighted by Crippen LogP contribution is -2.54. The third-order valence-corrected chi connectivity index (χ3v) is 10.6. The molecule has 1 aromatic carbocycles. The van der Waals surface area contributed by atoms with Crippen molar-refractivity contribution in [3.05, 3.63) is 70.3 Å². The highest BCUT2D eigenvalue weighted by Gasteiger charge is 2.38. The molecule has 1 fully saturated rings. The Morgan fingerprint density at radius 2 is 1.52 bits per heavy atom. The van der Waals surface area contributed by atoms with Crippen molar-refractivity contribution in [1.29, 1.82) is 0 Å². The molecule has 61 heavy (non-hydrogen) atoms. The Hall–Kier alpha value is -5.27. The first-order valence-corrected chi connectivity index (χ1v) is 21.7. The van der Waals surface area contributed by atoms with Gasteiger partial charge < -0.3 is 35.6 Å². The number of nitrogens with one attached hydrogen (secondary N) is 4. The predicted molar refractivity (Wildman–Crippen MR) is 234 cm³/mol. The molecule has 14 heteroatoms. The molecule has 5 amide bonds. The number of ketones is 2. The Bertz CT molecular complexity index is 1830. The minimum absolute atomic E-state index is 0.0431. The largest absolute Gasteiger partial charge is 0.450 e. The Morgan fingerprint density at radius 1 is 0.852 bits per heavy atom. The molecule has 4 N–H and O–H groups in total. The number of alkyl carbamates (subject to hydrolysis) is 2. The van der Waals surface area contributed by atoms with Gasteiger partial charge in [-0.3, -0.25) is 24.0 Å². The minimum atomic E-state index is -0.922. The van der Waals surface area contributed by atoms with Gasteiger partial charge in [-0.25, -0.2) is 9.59 Å². The highest BCUT2D eigenvalue weighted by molar-refractivity contribution is 6.24. The third-order valence-electron chi connectivity index (χ3n) is 10.6. The number of amides is 5. The van der Waals surface area contributed by atoms with Gasteiger partial charge in [0.15, 0.2) is 11.6 Å². The van der Waals surface area contributed by atoms with Crippen LogP contribution < -0.4 is 21.3 Å². The van der Waals surface area contributed by atoms with Crippen LogP contribution in [0.1, 0.15) is 120 Å². The molecular formula is C47H69N5O9. The standard InChI is InChI=1S/C47H69N5O9/c1-29(2)27-36(50-46(59)61-47(8,9)10)23-22-35(28-34-17-12-11-13-18-34)44(57)52-25-15-21-39(52)43(56)51-38(42(55)49-30(3)4)20-14-24-48-45(58)60-26-16-19-37-33(7)40(53)31(5)32(6)41(37)54/h11-13,17-18,22-23,29-30,35-36,38-39H,14-16,19-21,24-28H2,1-10H3,(H,48,58)(H,49,55)(H,50,59)(H,51,56)/b23-22+/t35-,36-,38+,39+/m1/s1. The summed E-state index contributed by atoms with van der Waals surface area (Å²) < 4.78 is 10.8. The normalized spacial score (nSPS) is 17.4. The fourth-order valence-electron chi connectivity index (χ4n) is 7.38. The predicted octanol–water partition coefficient (Wildman–Crippen LogP) is 6.43. The zero-order valence-corrected chi connectivity index (χ0v) is 37.9. The summed E-state index contributed by atoms with van der Waals surface area (Å²) in [6.45, 7) is 18.6. The van der Waals surface area contributed by atoms with E-state index < -0.39 is 47.7 Å². The van der Waals surface area contributed by atoms with E-state index in [4.69, 9.17) is 9.47 Å². The molecular weight excluding hydrogens is 779 g/mol. The average molecular weight is 848 g/mol. The average Bonchev–Trinajstić information content (AvgIpc) is 3.68. The molecule has 2 aliphatic rings. The molecule has 14 nitrogen and oxygen atoms in total. The van der Waals surface area contributed by atoms with Crippen LogP contribution in [-0.4, -0.2) is 95.8 Å². The Balaban J connectivity index is 1.65. The van der Waals surface area contributed by atoms with Gasteiger partial charge in [0.2, 0.25) is 17.7 Å². The van der Waals surface area contributed by atoms with Gasteiger partial charge in [0.1, 0.15) is 17.7 Å². The molecule has 0 spiro atoms. The first-order chi connectivity index (χ1) is 28.7. The molecule has 1 aliphatic carbocycles. The van der Waals surface area contributed by atoms with E-state index in [0.29, 0.717) is 73.8 Å². The van der Waals surface area contributed by atoms with Gasteiger partial charge in [0.25, 0.3) is 0 Å². The second kappa shape index (κ2) is 23.7. The van der Waals surface area contributed by atoms with E-state index in [1.807, 2.05) is 70.2 Å². The minimum Gasteiger partial charge on any atom is -0.450 e. The lowest BCUT2D eigenvalue weighted by atomic mass is 9.84. The monoisotopic (exact) mass is 848 g/mol. The molecule has 1 heterocycles. The summed E-state index contributed by atoms with van der Waals surface area (Å²) in [5.74, 6) is -1.73. The maximum Gasteiger partial charge on any atom is 0.408 e. The molecule has 1 saturated heterocycles. The second-order valence-corrected chi connectivity index (χ2v) is 17.8. The van der Waals surface area contributed by atoms with Gasteiger partial charge in [-0.1, -0.05) is 56.3 Å². The SMILES string of the molecule is CC1=C(C)C(=O)C(CCCOC(=O)NCCC[C@H](NC(=O)[C@@H]2CCCN2C(=O)[C@H](/C=C/[C@H](CC(C)C)NC(=O)OC(C)(C)C)Cc2ccccc2)C(=O)NC(C)C)=C(C)C1=O. The van der Waals surface area contributed by atoms with Crippen molar-refractivity contribution in [1.82, 2.24) is 26.2 Å². The number of benzene rings is 1. The topological polar surface area (TPSA) is 189 Å². The number of carbonyl (C=O) groups excluding carboxylic acids is 7.